The van der Waals surface area contributed by atoms with Crippen LogP contribution in [0.3, 0.4) is 0 Å². The zero-order valence-corrected chi connectivity index (χ0v) is 16.1. The van der Waals surface area contributed by atoms with Gasteiger partial charge in [-0.1, -0.05) is 30.3 Å². The summed E-state index contributed by atoms with van der Waals surface area (Å²) in [7, 11) is 1.68. The second-order valence-electron chi connectivity index (χ2n) is 7.33. The first kappa shape index (κ1) is 18.5. The number of methoxy groups -OCH3 is 1. The minimum atomic E-state index is 0.0485. The molecule has 0 saturated heterocycles. The molecular weight excluding hydrogens is 322 g/mol. The fourth-order valence-electron chi connectivity index (χ4n) is 3.77. The highest BCUT2D eigenvalue weighted by atomic mass is 16.5. The standard InChI is InChI=1S/C23H29NO2/c1-16-14-18(8-12-22(16)26-3)9-13-23(25)24-17(2)20-11-10-19-6-4-5-7-21(19)15-20/h8,10-12,14-15,17H,4-7,9,13H2,1-3H3,(H,24,25)/t17-/m0/s1. The summed E-state index contributed by atoms with van der Waals surface area (Å²) in [6.45, 7) is 4.10. The summed E-state index contributed by atoms with van der Waals surface area (Å²) in [4.78, 5) is 12.4. The van der Waals surface area contributed by atoms with Crippen molar-refractivity contribution >= 4 is 5.91 Å². The molecule has 0 spiro atoms. The molecule has 0 saturated carbocycles. The Labute approximate surface area is 156 Å². The van der Waals surface area contributed by atoms with Gasteiger partial charge in [0.25, 0.3) is 0 Å². The summed E-state index contributed by atoms with van der Waals surface area (Å²) >= 11 is 0. The maximum atomic E-state index is 12.4. The zero-order chi connectivity index (χ0) is 18.5. The molecule has 138 valence electrons. The first-order chi connectivity index (χ1) is 12.6. The van der Waals surface area contributed by atoms with Crippen molar-refractivity contribution < 1.29 is 9.53 Å². The van der Waals surface area contributed by atoms with Crippen molar-refractivity contribution in [3.8, 4) is 5.75 Å². The van der Waals surface area contributed by atoms with Crippen molar-refractivity contribution in [2.24, 2.45) is 0 Å². The molecule has 0 aromatic heterocycles. The predicted molar refractivity (Wildman–Crippen MR) is 106 cm³/mol. The number of nitrogens with one attached hydrogen (secondary N) is 1. The van der Waals surface area contributed by atoms with Crippen LogP contribution in [0.2, 0.25) is 0 Å². The van der Waals surface area contributed by atoms with Crippen LogP contribution < -0.4 is 10.1 Å². The number of benzene rings is 2. The van der Waals surface area contributed by atoms with Gasteiger partial charge in [0.1, 0.15) is 5.75 Å². The Morgan fingerprint density at radius 3 is 2.62 bits per heavy atom. The third-order valence-electron chi connectivity index (χ3n) is 5.35. The number of carbonyl (C=O) groups excluding carboxylic acids is 1. The smallest absolute Gasteiger partial charge is 0.220 e. The van der Waals surface area contributed by atoms with E-state index in [0.29, 0.717) is 6.42 Å². The van der Waals surface area contributed by atoms with Crippen molar-refractivity contribution in [2.75, 3.05) is 7.11 Å². The summed E-state index contributed by atoms with van der Waals surface area (Å²) in [5.41, 5.74) is 6.42. The second-order valence-corrected chi connectivity index (χ2v) is 7.33. The van der Waals surface area contributed by atoms with Crippen LogP contribution in [0.1, 0.15) is 60.0 Å². The molecule has 2 aromatic rings. The van der Waals surface area contributed by atoms with E-state index in [2.05, 4.69) is 36.5 Å². The highest BCUT2D eigenvalue weighted by molar-refractivity contribution is 5.76. The molecule has 1 amide bonds. The van der Waals surface area contributed by atoms with Gasteiger partial charge in [-0.2, -0.15) is 0 Å². The number of hydrogen-bond donors (Lipinski definition) is 1. The average Bonchev–Trinajstić information content (AvgIpc) is 2.66. The molecule has 1 aliphatic carbocycles. The Balaban J connectivity index is 1.55. The molecule has 0 fully saturated rings. The van der Waals surface area contributed by atoms with Crippen LogP contribution in [0, 0.1) is 6.92 Å². The van der Waals surface area contributed by atoms with Crippen LogP contribution >= 0.6 is 0 Å². The average molecular weight is 351 g/mol. The van der Waals surface area contributed by atoms with Crippen molar-refractivity contribution in [2.45, 2.75) is 58.4 Å². The molecule has 0 heterocycles. The molecule has 3 heteroatoms. The molecule has 3 nitrogen and oxygen atoms in total. The first-order valence-corrected chi connectivity index (χ1v) is 9.61. The van der Waals surface area contributed by atoms with Gasteiger partial charge < -0.3 is 10.1 Å². The Bertz CT molecular complexity index is 782. The fraction of sp³-hybridized carbons (Fsp3) is 0.435. The fourth-order valence-corrected chi connectivity index (χ4v) is 3.77. The van der Waals surface area contributed by atoms with E-state index in [1.807, 2.05) is 19.1 Å². The molecule has 1 N–H and O–H groups in total. The topological polar surface area (TPSA) is 38.3 Å². The van der Waals surface area contributed by atoms with Gasteiger partial charge in [-0.15, -0.1) is 0 Å². The molecular formula is C23H29NO2. The van der Waals surface area contributed by atoms with E-state index in [9.17, 15) is 4.79 Å². The van der Waals surface area contributed by atoms with Crippen LogP contribution in [0.4, 0.5) is 0 Å². The highest BCUT2D eigenvalue weighted by Gasteiger charge is 2.14. The third kappa shape index (κ3) is 4.46. The van der Waals surface area contributed by atoms with E-state index >= 15 is 0 Å². The van der Waals surface area contributed by atoms with Gasteiger partial charge in [-0.3, -0.25) is 4.79 Å². The number of fused-ring (bicyclic) bond motifs is 1. The number of carbonyl (C=O) groups is 1. The summed E-state index contributed by atoms with van der Waals surface area (Å²) in [6.07, 6.45) is 6.18. The number of amides is 1. The monoisotopic (exact) mass is 351 g/mol. The van der Waals surface area contributed by atoms with Crippen LogP contribution in [0.15, 0.2) is 36.4 Å². The van der Waals surface area contributed by atoms with Crippen LogP contribution in [0.5, 0.6) is 5.75 Å². The Kier molecular flexibility index (Phi) is 5.97. The minimum Gasteiger partial charge on any atom is -0.496 e. The molecule has 2 aromatic carbocycles. The lowest BCUT2D eigenvalue weighted by Gasteiger charge is -2.20. The second kappa shape index (κ2) is 8.39. The third-order valence-corrected chi connectivity index (χ3v) is 5.35. The molecule has 1 aliphatic rings. The molecule has 0 bridgehead atoms. The van der Waals surface area contributed by atoms with E-state index in [-0.39, 0.29) is 11.9 Å². The Morgan fingerprint density at radius 1 is 1.12 bits per heavy atom. The quantitative estimate of drug-likeness (QED) is 0.820. The molecule has 3 rings (SSSR count). The molecule has 0 aliphatic heterocycles. The van der Waals surface area contributed by atoms with Gasteiger partial charge in [0.05, 0.1) is 13.2 Å². The van der Waals surface area contributed by atoms with E-state index < -0.39 is 0 Å². The summed E-state index contributed by atoms with van der Waals surface area (Å²) in [5.74, 6) is 0.989. The number of hydrogen-bond acceptors (Lipinski definition) is 2. The Hall–Kier alpha value is -2.29. The summed E-state index contributed by atoms with van der Waals surface area (Å²) in [5, 5.41) is 3.15. The van der Waals surface area contributed by atoms with Crippen molar-refractivity contribution in [1.82, 2.24) is 5.32 Å². The normalized spacial score (nSPS) is 14.4. The van der Waals surface area contributed by atoms with Crippen molar-refractivity contribution in [3.05, 3.63) is 64.2 Å². The molecule has 0 unspecified atom stereocenters. The first-order valence-electron chi connectivity index (χ1n) is 9.61. The number of rotatable bonds is 6. The number of ether oxygens (including phenoxy) is 1. The van der Waals surface area contributed by atoms with E-state index in [1.165, 1.54) is 47.9 Å². The van der Waals surface area contributed by atoms with E-state index in [1.54, 1.807) is 7.11 Å². The van der Waals surface area contributed by atoms with Crippen molar-refractivity contribution in [3.63, 3.8) is 0 Å². The molecule has 26 heavy (non-hydrogen) atoms. The van der Waals surface area contributed by atoms with Gasteiger partial charge in [0.2, 0.25) is 5.91 Å². The van der Waals surface area contributed by atoms with Gasteiger partial charge >= 0.3 is 0 Å². The van der Waals surface area contributed by atoms with Crippen LogP contribution in [-0.2, 0) is 24.1 Å². The Morgan fingerprint density at radius 2 is 1.88 bits per heavy atom. The largest absolute Gasteiger partial charge is 0.496 e. The minimum absolute atomic E-state index is 0.0485. The SMILES string of the molecule is COc1ccc(CCC(=O)N[C@@H](C)c2ccc3c(c2)CCCC3)cc1C. The maximum Gasteiger partial charge on any atom is 0.220 e. The van der Waals surface area contributed by atoms with Gasteiger partial charge in [-0.25, -0.2) is 0 Å². The predicted octanol–water partition coefficient (Wildman–Crippen LogP) is 4.69. The van der Waals surface area contributed by atoms with E-state index in [0.717, 1.165) is 17.7 Å². The number of aryl methyl sites for hydroxylation is 4. The van der Waals surface area contributed by atoms with Gasteiger partial charge in [0.15, 0.2) is 0 Å². The van der Waals surface area contributed by atoms with Crippen LogP contribution in [-0.4, -0.2) is 13.0 Å². The lowest BCUT2D eigenvalue weighted by atomic mass is 9.89. The lowest BCUT2D eigenvalue weighted by Crippen LogP contribution is -2.27. The molecule has 0 radical (unpaired) electrons. The van der Waals surface area contributed by atoms with Gasteiger partial charge in [-0.05, 0) is 79.8 Å². The summed E-state index contributed by atoms with van der Waals surface area (Å²) < 4.78 is 5.29. The maximum absolute atomic E-state index is 12.4. The summed E-state index contributed by atoms with van der Waals surface area (Å²) in [6, 6.07) is 12.8. The van der Waals surface area contributed by atoms with Crippen molar-refractivity contribution in [1.29, 1.82) is 0 Å². The van der Waals surface area contributed by atoms with Gasteiger partial charge in [0, 0.05) is 6.42 Å². The lowest BCUT2D eigenvalue weighted by molar-refractivity contribution is -0.121. The zero-order valence-electron chi connectivity index (χ0n) is 16.1. The van der Waals surface area contributed by atoms with E-state index in [4.69, 9.17) is 4.74 Å². The van der Waals surface area contributed by atoms with Crippen LogP contribution in [0.25, 0.3) is 0 Å². The highest BCUT2D eigenvalue weighted by Crippen LogP contribution is 2.25. The molecule has 1 atom stereocenters.